The van der Waals surface area contributed by atoms with Crippen LogP contribution in [0.25, 0.3) is 0 Å². The lowest BCUT2D eigenvalue weighted by molar-refractivity contribution is -0.129. The minimum Gasteiger partial charge on any atom is -0.333 e. The first-order valence-electron chi connectivity index (χ1n) is 11.3. The van der Waals surface area contributed by atoms with Crippen molar-refractivity contribution in [3.8, 4) is 0 Å². The summed E-state index contributed by atoms with van der Waals surface area (Å²) >= 11 is 2.89. The van der Waals surface area contributed by atoms with Crippen LogP contribution in [-0.2, 0) is 17.9 Å². The second-order valence-corrected chi connectivity index (χ2v) is 10.5. The first-order valence-corrected chi connectivity index (χ1v) is 13.1. The number of anilines is 2. The summed E-state index contributed by atoms with van der Waals surface area (Å²) in [6, 6.07) is 28.5. The van der Waals surface area contributed by atoms with E-state index in [-0.39, 0.29) is 5.91 Å². The Morgan fingerprint density at radius 1 is 0.882 bits per heavy atom. The van der Waals surface area contributed by atoms with Crippen LogP contribution in [0.15, 0.2) is 89.3 Å². The molecule has 5 nitrogen and oxygen atoms in total. The predicted molar refractivity (Wildman–Crippen MR) is 142 cm³/mol. The molecule has 0 saturated carbocycles. The van der Waals surface area contributed by atoms with Gasteiger partial charge in [0.1, 0.15) is 0 Å². The predicted octanol–water partition coefficient (Wildman–Crippen LogP) is 6.73. The number of benzene rings is 3. The normalized spacial score (nSPS) is 10.9. The molecule has 7 heteroatoms. The van der Waals surface area contributed by atoms with Gasteiger partial charge in [0.05, 0.1) is 5.75 Å². The van der Waals surface area contributed by atoms with Crippen LogP contribution in [0.1, 0.15) is 36.5 Å². The first-order chi connectivity index (χ1) is 16.6. The van der Waals surface area contributed by atoms with Crippen molar-refractivity contribution in [3.05, 3.63) is 102 Å². The molecule has 1 heterocycles. The quantitative estimate of drug-likeness (QED) is 0.251. The number of nitrogens with one attached hydrogen (secondary N) is 1. The molecule has 4 aromatic rings. The number of hydrogen-bond donors (Lipinski definition) is 1. The Hall–Kier alpha value is -3.16. The van der Waals surface area contributed by atoms with Gasteiger partial charge in [-0.3, -0.25) is 4.79 Å². The molecule has 0 aliphatic heterocycles. The number of carbonyl (C=O) groups excluding carboxylic acids is 1. The third-order valence-electron chi connectivity index (χ3n) is 5.34. The zero-order chi connectivity index (χ0) is 23.8. The molecule has 34 heavy (non-hydrogen) atoms. The first kappa shape index (κ1) is 24.0. The zero-order valence-electron chi connectivity index (χ0n) is 19.3. The number of aromatic nitrogens is 2. The van der Waals surface area contributed by atoms with Gasteiger partial charge in [0.2, 0.25) is 11.0 Å². The van der Waals surface area contributed by atoms with Crippen molar-refractivity contribution in [3.63, 3.8) is 0 Å². The van der Waals surface area contributed by atoms with Crippen molar-refractivity contribution in [2.24, 2.45) is 0 Å². The summed E-state index contributed by atoms with van der Waals surface area (Å²) < 4.78 is 0.772. The minimum atomic E-state index is 0.0756. The zero-order valence-corrected chi connectivity index (χ0v) is 21.0. The molecule has 4 rings (SSSR count). The van der Waals surface area contributed by atoms with E-state index in [0.717, 1.165) is 26.3 Å². The molecule has 3 aromatic carbocycles. The van der Waals surface area contributed by atoms with E-state index in [2.05, 4.69) is 77.9 Å². The van der Waals surface area contributed by atoms with Gasteiger partial charge >= 0.3 is 0 Å². The average Bonchev–Trinajstić information content (AvgIpc) is 3.31. The lowest BCUT2D eigenvalue weighted by atomic mass is 10.0. The van der Waals surface area contributed by atoms with Gasteiger partial charge in [-0.25, -0.2) is 0 Å². The van der Waals surface area contributed by atoms with Gasteiger partial charge in [-0.05, 0) is 34.7 Å². The monoisotopic (exact) mass is 488 g/mol. The van der Waals surface area contributed by atoms with Crippen LogP contribution >= 0.6 is 23.1 Å². The number of amides is 1. The van der Waals surface area contributed by atoms with Crippen molar-refractivity contribution >= 4 is 39.8 Å². The molecule has 0 spiro atoms. The van der Waals surface area contributed by atoms with E-state index in [1.807, 2.05) is 41.3 Å². The average molecular weight is 489 g/mol. The van der Waals surface area contributed by atoms with Gasteiger partial charge in [0.15, 0.2) is 4.34 Å². The molecule has 0 atom stereocenters. The summed E-state index contributed by atoms with van der Waals surface area (Å²) in [5, 5.41) is 12.5. The van der Waals surface area contributed by atoms with Gasteiger partial charge in [-0.1, -0.05) is 110 Å². The highest BCUT2D eigenvalue weighted by molar-refractivity contribution is 8.01. The van der Waals surface area contributed by atoms with Crippen LogP contribution in [0.5, 0.6) is 0 Å². The van der Waals surface area contributed by atoms with Crippen LogP contribution in [0, 0.1) is 0 Å². The lowest BCUT2D eigenvalue weighted by Crippen LogP contribution is -2.31. The summed E-state index contributed by atoms with van der Waals surface area (Å²) in [6.07, 6.45) is 0. The standard InChI is InChI=1S/C27H28N4OS2/c1-20(2)23-13-15-24(16-14-23)28-26-29-30-27(34-26)33-19-25(32)31(17-21-9-5-3-6-10-21)18-22-11-7-4-8-12-22/h3-16,20H,17-19H2,1-2H3,(H,28,29). The van der Waals surface area contributed by atoms with Gasteiger partial charge in [-0.15, -0.1) is 10.2 Å². The molecule has 0 saturated heterocycles. The fraction of sp³-hybridized carbons (Fsp3) is 0.222. The maximum atomic E-state index is 13.2. The molecular weight excluding hydrogens is 460 g/mol. The van der Waals surface area contributed by atoms with Gasteiger partial charge in [0, 0.05) is 18.8 Å². The number of rotatable bonds is 10. The molecule has 1 aromatic heterocycles. The highest BCUT2D eigenvalue weighted by Gasteiger charge is 2.16. The van der Waals surface area contributed by atoms with Gasteiger partial charge in [0.25, 0.3) is 0 Å². The second kappa shape index (κ2) is 11.8. The van der Waals surface area contributed by atoms with E-state index in [1.54, 1.807) is 0 Å². The Morgan fingerprint density at radius 2 is 1.47 bits per heavy atom. The van der Waals surface area contributed by atoms with E-state index in [9.17, 15) is 4.79 Å². The van der Waals surface area contributed by atoms with E-state index in [4.69, 9.17) is 0 Å². The van der Waals surface area contributed by atoms with Crippen LogP contribution < -0.4 is 5.32 Å². The molecule has 1 N–H and O–H groups in total. The second-order valence-electron chi connectivity index (χ2n) is 8.28. The summed E-state index contributed by atoms with van der Waals surface area (Å²) in [6.45, 7) is 5.51. The minimum absolute atomic E-state index is 0.0756. The van der Waals surface area contributed by atoms with E-state index in [0.29, 0.717) is 24.8 Å². The van der Waals surface area contributed by atoms with Crippen molar-refractivity contribution in [2.75, 3.05) is 11.1 Å². The largest absolute Gasteiger partial charge is 0.333 e. The summed E-state index contributed by atoms with van der Waals surface area (Å²) in [5.41, 5.74) is 4.50. The number of nitrogens with zero attached hydrogens (tertiary/aromatic N) is 3. The third-order valence-corrected chi connectivity index (χ3v) is 7.30. The van der Waals surface area contributed by atoms with Crippen molar-refractivity contribution in [1.29, 1.82) is 0 Å². The Morgan fingerprint density at radius 3 is 2.03 bits per heavy atom. The maximum Gasteiger partial charge on any atom is 0.233 e. The number of hydrogen-bond acceptors (Lipinski definition) is 6. The molecule has 0 radical (unpaired) electrons. The molecule has 0 aliphatic carbocycles. The van der Waals surface area contributed by atoms with Crippen LogP contribution in [-0.4, -0.2) is 26.8 Å². The van der Waals surface area contributed by atoms with E-state index in [1.165, 1.54) is 28.7 Å². The van der Waals surface area contributed by atoms with E-state index < -0.39 is 0 Å². The molecule has 0 unspecified atom stereocenters. The van der Waals surface area contributed by atoms with E-state index >= 15 is 0 Å². The number of carbonyl (C=O) groups is 1. The third kappa shape index (κ3) is 6.92. The fourth-order valence-electron chi connectivity index (χ4n) is 3.45. The summed E-state index contributed by atoms with van der Waals surface area (Å²) in [5.74, 6) is 0.892. The van der Waals surface area contributed by atoms with Crippen molar-refractivity contribution in [1.82, 2.24) is 15.1 Å². The molecular formula is C27H28N4OS2. The summed E-state index contributed by atoms with van der Waals surface area (Å²) in [4.78, 5) is 15.1. The SMILES string of the molecule is CC(C)c1ccc(Nc2nnc(SCC(=O)N(Cc3ccccc3)Cc3ccccc3)s2)cc1. The van der Waals surface area contributed by atoms with Crippen LogP contribution in [0.4, 0.5) is 10.8 Å². The van der Waals surface area contributed by atoms with Crippen LogP contribution in [0.2, 0.25) is 0 Å². The highest BCUT2D eigenvalue weighted by atomic mass is 32.2. The van der Waals surface area contributed by atoms with Gasteiger partial charge < -0.3 is 10.2 Å². The highest BCUT2D eigenvalue weighted by Crippen LogP contribution is 2.28. The number of thioether (sulfide) groups is 1. The smallest absolute Gasteiger partial charge is 0.233 e. The molecule has 1 amide bonds. The topological polar surface area (TPSA) is 58.1 Å². The summed E-state index contributed by atoms with van der Waals surface area (Å²) in [7, 11) is 0. The van der Waals surface area contributed by atoms with Crippen LogP contribution in [0.3, 0.4) is 0 Å². The molecule has 0 aliphatic rings. The lowest BCUT2D eigenvalue weighted by Gasteiger charge is -2.23. The Labute approximate surface area is 209 Å². The van der Waals surface area contributed by atoms with Gasteiger partial charge in [-0.2, -0.15) is 0 Å². The van der Waals surface area contributed by atoms with Crippen molar-refractivity contribution < 1.29 is 4.79 Å². The maximum absolute atomic E-state index is 13.2. The Kier molecular flexibility index (Phi) is 8.33. The fourth-order valence-corrected chi connectivity index (χ4v) is 5.12. The Balaban J connectivity index is 1.36. The molecule has 0 fully saturated rings. The van der Waals surface area contributed by atoms with Crippen molar-refractivity contribution in [2.45, 2.75) is 37.2 Å². The molecule has 0 bridgehead atoms. The molecule has 174 valence electrons. The Bertz CT molecular complexity index is 1140.